The Balaban J connectivity index is 1.38. The van der Waals surface area contributed by atoms with Gasteiger partial charge in [-0.3, -0.25) is 9.59 Å². The quantitative estimate of drug-likeness (QED) is 0.575. The second-order valence-electron chi connectivity index (χ2n) is 10.2. The molecule has 0 radical (unpaired) electrons. The van der Waals surface area contributed by atoms with E-state index in [1.54, 1.807) is 6.20 Å². The number of carbonyl (C=O) groups excluding carboxylic acids is 2. The van der Waals surface area contributed by atoms with Crippen LogP contribution in [0.25, 0.3) is 0 Å². The third-order valence-corrected chi connectivity index (χ3v) is 10.0. The molecule has 0 N–H and O–H groups in total. The summed E-state index contributed by atoms with van der Waals surface area (Å²) in [5.74, 6) is 2.52. The van der Waals surface area contributed by atoms with Crippen LogP contribution in [0.1, 0.15) is 65.2 Å². The number of ketones is 1. The summed E-state index contributed by atoms with van der Waals surface area (Å²) in [6.45, 7) is 4.83. The van der Waals surface area contributed by atoms with Crippen LogP contribution < -0.4 is 0 Å². The smallest absolute Gasteiger partial charge is 0.198 e. The summed E-state index contributed by atoms with van der Waals surface area (Å²) < 4.78 is 0. The van der Waals surface area contributed by atoms with Gasteiger partial charge in [-0.15, -0.1) is 0 Å². The summed E-state index contributed by atoms with van der Waals surface area (Å²) in [6.07, 6.45) is 12.3. The van der Waals surface area contributed by atoms with Gasteiger partial charge in [0.1, 0.15) is 5.03 Å². The van der Waals surface area contributed by atoms with Gasteiger partial charge in [-0.1, -0.05) is 25.5 Å². The van der Waals surface area contributed by atoms with Crippen LogP contribution in [-0.2, 0) is 9.59 Å². The van der Waals surface area contributed by atoms with Crippen molar-refractivity contribution < 1.29 is 9.59 Å². The first-order valence-corrected chi connectivity index (χ1v) is 12.1. The van der Waals surface area contributed by atoms with Gasteiger partial charge in [0, 0.05) is 18.5 Å². The molecule has 4 heteroatoms. The minimum atomic E-state index is 0.127. The molecule has 4 aliphatic rings. The zero-order chi connectivity index (χ0) is 20.2. The highest BCUT2D eigenvalue weighted by Gasteiger charge is 2.60. The standard InChI is InChI=1S/C25H31NO2S/c1-24-12-10-17(27)15-16(24)6-7-18-19-8-9-21(25(19,2)13-11-20(18)24)23(28)29-22-5-3-4-14-26-22/h3-5,14-15,18-21H,6-13H2,1-2H3. The molecule has 3 nitrogen and oxygen atoms in total. The lowest BCUT2D eigenvalue weighted by Crippen LogP contribution is -2.51. The van der Waals surface area contributed by atoms with Crippen molar-refractivity contribution in [3.05, 3.63) is 36.0 Å². The Bertz CT molecular complexity index is 865. The molecule has 1 aromatic heterocycles. The Labute approximate surface area is 178 Å². The van der Waals surface area contributed by atoms with Crippen molar-refractivity contribution in [3.8, 4) is 0 Å². The van der Waals surface area contributed by atoms with Crippen molar-refractivity contribution in [1.82, 2.24) is 4.98 Å². The van der Waals surface area contributed by atoms with E-state index in [2.05, 4.69) is 18.8 Å². The molecule has 4 aliphatic carbocycles. The molecule has 6 atom stereocenters. The van der Waals surface area contributed by atoms with E-state index >= 15 is 0 Å². The molecule has 1 aromatic rings. The predicted molar refractivity (Wildman–Crippen MR) is 115 cm³/mol. The first-order chi connectivity index (χ1) is 13.9. The summed E-state index contributed by atoms with van der Waals surface area (Å²) in [7, 11) is 0. The fraction of sp³-hybridized carbons (Fsp3) is 0.640. The van der Waals surface area contributed by atoms with E-state index in [1.807, 2.05) is 24.3 Å². The molecule has 1 heterocycles. The number of allylic oxidation sites excluding steroid dienone is 1. The third kappa shape index (κ3) is 3.05. The summed E-state index contributed by atoms with van der Waals surface area (Å²) in [6, 6.07) is 5.79. The van der Waals surface area contributed by atoms with Crippen LogP contribution in [-0.4, -0.2) is 15.9 Å². The van der Waals surface area contributed by atoms with Gasteiger partial charge in [-0.2, -0.15) is 0 Å². The molecule has 29 heavy (non-hydrogen) atoms. The highest BCUT2D eigenvalue weighted by Crippen LogP contribution is 2.67. The number of thioether (sulfide) groups is 1. The Hall–Kier alpha value is -1.42. The van der Waals surface area contributed by atoms with E-state index in [9.17, 15) is 9.59 Å². The summed E-state index contributed by atoms with van der Waals surface area (Å²) >= 11 is 1.35. The topological polar surface area (TPSA) is 47.0 Å². The average Bonchev–Trinajstić information content (AvgIpc) is 3.06. The second kappa shape index (κ2) is 7.08. The molecule has 3 saturated carbocycles. The molecule has 0 aliphatic heterocycles. The van der Waals surface area contributed by atoms with Gasteiger partial charge in [0.05, 0.1) is 0 Å². The first kappa shape index (κ1) is 19.5. The lowest BCUT2D eigenvalue weighted by molar-refractivity contribution is -0.123. The SMILES string of the molecule is CC12CCC(=O)C=C1CCC1C2CCC2(C)C(C(=O)Sc3ccccn3)CCC12. The lowest BCUT2D eigenvalue weighted by Gasteiger charge is -2.58. The predicted octanol–water partition coefficient (Wildman–Crippen LogP) is 5.85. The Morgan fingerprint density at radius 3 is 2.72 bits per heavy atom. The van der Waals surface area contributed by atoms with Crippen LogP contribution in [0.2, 0.25) is 0 Å². The van der Waals surface area contributed by atoms with Crippen LogP contribution in [0.5, 0.6) is 0 Å². The maximum Gasteiger partial charge on any atom is 0.198 e. The van der Waals surface area contributed by atoms with Crippen LogP contribution in [0, 0.1) is 34.5 Å². The molecular weight excluding hydrogens is 378 g/mol. The maximum absolute atomic E-state index is 13.2. The fourth-order valence-corrected chi connectivity index (χ4v) is 8.52. The molecule has 0 aromatic carbocycles. The van der Waals surface area contributed by atoms with E-state index in [4.69, 9.17) is 0 Å². The highest BCUT2D eigenvalue weighted by molar-refractivity contribution is 8.13. The van der Waals surface area contributed by atoms with Gasteiger partial charge < -0.3 is 0 Å². The molecule has 0 saturated heterocycles. The lowest BCUT2D eigenvalue weighted by atomic mass is 9.47. The molecule has 3 fully saturated rings. The van der Waals surface area contributed by atoms with Crippen LogP contribution >= 0.6 is 11.8 Å². The van der Waals surface area contributed by atoms with E-state index in [-0.39, 0.29) is 16.7 Å². The molecular formula is C25H31NO2S. The molecule has 6 unspecified atom stereocenters. The zero-order valence-corrected chi connectivity index (χ0v) is 18.3. The van der Waals surface area contributed by atoms with Gasteiger partial charge >= 0.3 is 0 Å². The van der Waals surface area contributed by atoms with Crippen LogP contribution in [0.4, 0.5) is 0 Å². The van der Waals surface area contributed by atoms with Crippen LogP contribution in [0.15, 0.2) is 41.1 Å². The highest BCUT2D eigenvalue weighted by atomic mass is 32.2. The second-order valence-corrected chi connectivity index (χ2v) is 11.3. The largest absolute Gasteiger partial charge is 0.295 e. The van der Waals surface area contributed by atoms with Crippen molar-refractivity contribution in [2.24, 2.45) is 34.5 Å². The van der Waals surface area contributed by atoms with Crippen molar-refractivity contribution >= 4 is 22.7 Å². The number of pyridine rings is 1. The summed E-state index contributed by atoms with van der Waals surface area (Å²) in [4.78, 5) is 29.6. The minimum Gasteiger partial charge on any atom is -0.295 e. The number of hydrogen-bond donors (Lipinski definition) is 0. The number of fused-ring (bicyclic) bond motifs is 5. The number of hydrogen-bond acceptors (Lipinski definition) is 4. The first-order valence-electron chi connectivity index (χ1n) is 11.3. The van der Waals surface area contributed by atoms with E-state index < -0.39 is 0 Å². The van der Waals surface area contributed by atoms with Gasteiger partial charge in [-0.05, 0) is 104 Å². The average molecular weight is 410 g/mol. The molecule has 0 bridgehead atoms. The minimum absolute atomic E-state index is 0.127. The maximum atomic E-state index is 13.2. The van der Waals surface area contributed by atoms with Gasteiger partial charge in [0.25, 0.3) is 0 Å². The number of nitrogens with zero attached hydrogens (tertiary/aromatic N) is 1. The Morgan fingerprint density at radius 1 is 1.07 bits per heavy atom. The van der Waals surface area contributed by atoms with E-state index in [1.165, 1.54) is 36.6 Å². The van der Waals surface area contributed by atoms with Crippen LogP contribution in [0.3, 0.4) is 0 Å². The van der Waals surface area contributed by atoms with Gasteiger partial charge in [0.2, 0.25) is 0 Å². The van der Waals surface area contributed by atoms with E-state index in [0.29, 0.717) is 35.1 Å². The van der Waals surface area contributed by atoms with Crippen molar-refractivity contribution in [2.75, 3.05) is 0 Å². The zero-order valence-electron chi connectivity index (χ0n) is 17.5. The molecule has 5 rings (SSSR count). The number of aromatic nitrogens is 1. The summed E-state index contributed by atoms with van der Waals surface area (Å²) in [5, 5.41) is 1.14. The monoisotopic (exact) mass is 409 g/mol. The summed E-state index contributed by atoms with van der Waals surface area (Å²) in [5.41, 5.74) is 1.76. The number of carbonyl (C=O) groups is 2. The Kier molecular flexibility index (Phi) is 4.77. The van der Waals surface area contributed by atoms with Gasteiger partial charge in [0.15, 0.2) is 10.9 Å². The van der Waals surface area contributed by atoms with Gasteiger partial charge in [-0.25, -0.2) is 4.98 Å². The normalized spacial score (nSPS) is 41.2. The Morgan fingerprint density at radius 2 is 1.93 bits per heavy atom. The third-order valence-electron chi connectivity index (χ3n) is 9.09. The van der Waals surface area contributed by atoms with Crippen molar-refractivity contribution in [1.29, 1.82) is 0 Å². The van der Waals surface area contributed by atoms with Crippen molar-refractivity contribution in [2.45, 2.75) is 70.2 Å². The molecule has 0 spiro atoms. The fourth-order valence-electron chi connectivity index (χ4n) is 7.53. The number of rotatable bonds is 2. The molecule has 154 valence electrons. The molecule has 0 amide bonds. The van der Waals surface area contributed by atoms with E-state index in [0.717, 1.165) is 30.7 Å². The van der Waals surface area contributed by atoms with Crippen molar-refractivity contribution in [3.63, 3.8) is 0 Å².